The minimum absolute atomic E-state index is 0.261. The van der Waals surface area contributed by atoms with Gasteiger partial charge in [-0.25, -0.2) is 14.8 Å². The number of carbonyl (C=O) groups excluding carboxylic acids is 1. The topological polar surface area (TPSA) is 86.9 Å². The number of nitrogens with zero attached hydrogens (tertiary/aromatic N) is 3. The SMILES string of the molecule is C[CH]c1nc(-c2ccc(-c3ccc4cc(-c5c[nH]c([C@H](C)N(C)C(=O)OC(C)(C)C)n5)ccc4c3)cc2)c[nH]1. The van der Waals surface area contributed by atoms with Gasteiger partial charge in [0, 0.05) is 37.0 Å². The van der Waals surface area contributed by atoms with E-state index in [0.717, 1.165) is 50.2 Å². The highest BCUT2D eigenvalue weighted by Gasteiger charge is 2.25. The molecular weight excluding hydrogens is 486 g/mol. The van der Waals surface area contributed by atoms with Gasteiger partial charge in [0.1, 0.15) is 17.2 Å². The Labute approximate surface area is 229 Å². The van der Waals surface area contributed by atoms with E-state index in [2.05, 4.69) is 75.6 Å². The summed E-state index contributed by atoms with van der Waals surface area (Å²) in [4.78, 5) is 29.8. The monoisotopic (exact) mass is 520 g/mol. The molecule has 7 nitrogen and oxygen atoms in total. The summed E-state index contributed by atoms with van der Waals surface area (Å²) in [5.74, 6) is 1.58. The molecule has 0 bridgehead atoms. The number of amides is 1. The average molecular weight is 521 g/mol. The maximum absolute atomic E-state index is 12.5. The van der Waals surface area contributed by atoms with Gasteiger partial charge < -0.3 is 19.6 Å². The van der Waals surface area contributed by atoms with Gasteiger partial charge in [-0.3, -0.25) is 0 Å². The zero-order chi connectivity index (χ0) is 27.7. The summed E-state index contributed by atoms with van der Waals surface area (Å²) in [6.45, 7) is 9.47. The van der Waals surface area contributed by atoms with Crippen molar-refractivity contribution in [2.24, 2.45) is 0 Å². The van der Waals surface area contributed by atoms with Gasteiger partial charge in [-0.1, -0.05) is 55.5 Å². The largest absolute Gasteiger partial charge is 0.444 e. The number of hydrogen-bond acceptors (Lipinski definition) is 4. The third kappa shape index (κ3) is 5.72. The highest BCUT2D eigenvalue weighted by atomic mass is 16.6. The lowest BCUT2D eigenvalue weighted by atomic mass is 9.98. The molecule has 39 heavy (non-hydrogen) atoms. The number of benzene rings is 3. The Morgan fingerprint density at radius 1 is 0.846 bits per heavy atom. The quantitative estimate of drug-likeness (QED) is 0.239. The van der Waals surface area contributed by atoms with Crippen molar-refractivity contribution in [2.45, 2.75) is 46.3 Å². The molecular formula is C32H34N5O2. The summed E-state index contributed by atoms with van der Waals surface area (Å²) >= 11 is 0. The van der Waals surface area contributed by atoms with Crippen molar-refractivity contribution in [3.05, 3.63) is 91.1 Å². The molecule has 0 fully saturated rings. The minimum Gasteiger partial charge on any atom is -0.444 e. The molecule has 1 radical (unpaired) electrons. The highest BCUT2D eigenvalue weighted by molar-refractivity contribution is 5.90. The first-order valence-corrected chi connectivity index (χ1v) is 13.1. The first-order chi connectivity index (χ1) is 18.6. The van der Waals surface area contributed by atoms with E-state index in [9.17, 15) is 4.79 Å². The number of aromatic amines is 2. The Kier molecular flexibility index (Phi) is 7.00. The van der Waals surface area contributed by atoms with Gasteiger partial charge in [0.15, 0.2) is 0 Å². The lowest BCUT2D eigenvalue weighted by Crippen LogP contribution is -2.36. The summed E-state index contributed by atoms with van der Waals surface area (Å²) in [5.41, 5.74) is 5.63. The maximum atomic E-state index is 12.5. The number of fused-ring (bicyclic) bond motifs is 1. The molecule has 199 valence electrons. The molecule has 7 heteroatoms. The van der Waals surface area contributed by atoms with Crippen molar-refractivity contribution in [2.75, 3.05) is 7.05 Å². The van der Waals surface area contributed by atoms with E-state index >= 15 is 0 Å². The van der Waals surface area contributed by atoms with Crippen LogP contribution in [0, 0.1) is 6.42 Å². The Morgan fingerprint density at radius 2 is 1.41 bits per heavy atom. The molecule has 3 aromatic carbocycles. The number of rotatable bonds is 6. The smallest absolute Gasteiger partial charge is 0.410 e. The molecule has 0 saturated heterocycles. The molecule has 2 aromatic heterocycles. The molecule has 0 aliphatic heterocycles. The number of imidazole rings is 2. The summed E-state index contributed by atoms with van der Waals surface area (Å²) in [6.07, 6.45) is 5.39. The molecule has 5 rings (SSSR count). The summed E-state index contributed by atoms with van der Waals surface area (Å²) < 4.78 is 5.49. The van der Waals surface area contributed by atoms with Crippen molar-refractivity contribution >= 4 is 16.9 Å². The summed E-state index contributed by atoms with van der Waals surface area (Å²) in [5, 5.41) is 2.29. The van der Waals surface area contributed by atoms with Gasteiger partial charge in [-0.05, 0) is 61.7 Å². The van der Waals surface area contributed by atoms with E-state index in [4.69, 9.17) is 9.72 Å². The van der Waals surface area contributed by atoms with Crippen molar-refractivity contribution in [1.82, 2.24) is 24.8 Å². The Morgan fingerprint density at radius 3 is 2.05 bits per heavy atom. The van der Waals surface area contributed by atoms with Crippen LogP contribution in [0.4, 0.5) is 4.79 Å². The summed E-state index contributed by atoms with van der Waals surface area (Å²) in [7, 11) is 1.72. The highest BCUT2D eigenvalue weighted by Crippen LogP contribution is 2.30. The standard InChI is InChI=1S/C32H34N5O2/c1-7-29-33-18-27(35-29)22-10-8-21(9-11-22)23-12-13-25-17-26(15-14-24(25)16-23)28-19-34-30(36-28)20(2)37(6)31(38)39-32(3,4)5/h7-20H,1-6H3,(H,33,35)(H,34,36)/t20-/m0/s1. The molecule has 2 heterocycles. The van der Waals surface area contributed by atoms with Gasteiger partial charge in [0.25, 0.3) is 0 Å². The van der Waals surface area contributed by atoms with Gasteiger partial charge in [-0.2, -0.15) is 0 Å². The maximum Gasteiger partial charge on any atom is 0.410 e. The predicted molar refractivity (Wildman–Crippen MR) is 156 cm³/mol. The van der Waals surface area contributed by atoms with Crippen LogP contribution in [0.15, 0.2) is 73.1 Å². The molecule has 0 spiro atoms. The molecule has 1 amide bonds. The van der Waals surface area contributed by atoms with Crippen LogP contribution < -0.4 is 0 Å². The third-order valence-electron chi connectivity index (χ3n) is 6.78. The van der Waals surface area contributed by atoms with E-state index in [-0.39, 0.29) is 12.1 Å². The van der Waals surface area contributed by atoms with Gasteiger partial charge in [-0.15, -0.1) is 0 Å². The van der Waals surface area contributed by atoms with Crippen molar-refractivity contribution in [1.29, 1.82) is 0 Å². The number of hydrogen-bond donors (Lipinski definition) is 2. The lowest BCUT2D eigenvalue weighted by Gasteiger charge is -2.27. The van der Waals surface area contributed by atoms with Crippen LogP contribution in [-0.4, -0.2) is 43.6 Å². The van der Waals surface area contributed by atoms with Crippen LogP contribution in [0.3, 0.4) is 0 Å². The van der Waals surface area contributed by atoms with Crippen LogP contribution in [0.2, 0.25) is 0 Å². The number of aromatic nitrogens is 4. The molecule has 0 aliphatic rings. The normalized spacial score (nSPS) is 12.5. The van der Waals surface area contributed by atoms with E-state index in [1.807, 2.05) is 53.4 Å². The number of ether oxygens (including phenoxy) is 1. The fourth-order valence-electron chi connectivity index (χ4n) is 4.42. The fraction of sp³-hybridized carbons (Fsp3) is 0.250. The molecule has 0 saturated carbocycles. The Balaban J connectivity index is 1.33. The van der Waals surface area contributed by atoms with Crippen molar-refractivity contribution < 1.29 is 9.53 Å². The first kappa shape index (κ1) is 26.2. The molecule has 1 atom stereocenters. The number of carbonyl (C=O) groups is 1. The fourth-order valence-corrected chi connectivity index (χ4v) is 4.42. The summed E-state index contributed by atoms with van der Waals surface area (Å²) in [6, 6.07) is 21.1. The Hall–Kier alpha value is -4.39. The van der Waals surface area contributed by atoms with Gasteiger partial charge >= 0.3 is 6.09 Å². The van der Waals surface area contributed by atoms with Gasteiger partial charge in [0.05, 0.1) is 17.4 Å². The zero-order valence-electron chi connectivity index (χ0n) is 23.2. The second-order valence-corrected chi connectivity index (χ2v) is 10.8. The van der Waals surface area contributed by atoms with Gasteiger partial charge in [0.2, 0.25) is 0 Å². The molecule has 0 unspecified atom stereocenters. The zero-order valence-corrected chi connectivity index (χ0v) is 23.2. The van der Waals surface area contributed by atoms with Crippen LogP contribution in [0.25, 0.3) is 44.4 Å². The second-order valence-electron chi connectivity index (χ2n) is 10.8. The molecule has 0 aliphatic carbocycles. The van der Waals surface area contributed by atoms with E-state index < -0.39 is 5.60 Å². The lowest BCUT2D eigenvalue weighted by molar-refractivity contribution is 0.0228. The van der Waals surface area contributed by atoms with Crippen molar-refractivity contribution in [3.8, 4) is 33.6 Å². The van der Waals surface area contributed by atoms with E-state index in [1.165, 1.54) is 0 Å². The van der Waals surface area contributed by atoms with Crippen LogP contribution in [0.5, 0.6) is 0 Å². The second kappa shape index (κ2) is 10.4. The van der Waals surface area contributed by atoms with E-state index in [1.54, 1.807) is 11.9 Å². The molecule has 2 N–H and O–H groups in total. The average Bonchev–Trinajstić information content (AvgIpc) is 3.61. The number of nitrogens with one attached hydrogen (secondary N) is 2. The predicted octanol–water partition coefficient (Wildman–Crippen LogP) is 7.79. The first-order valence-electron chi connectivity index (χ1n) is 13.1. The minimum atomic E-state index is -0.550. The molecule has 5 aromatic rings. The third-order valence-corrected chi connectivity index (χ3v) is 6.78. The van der Waals surface area contributed by atoms with Crippen LogP contribution >= 0.6 is 0 Å². The van der Waals surface area contributed by atoms with Crippen LogP contribution in [0.1, 0.15) is 52.3 Å². The van der Waals surface area contributed by atoms with Crippen molar-refractivity contribution in [3.63, 3.8) is 0 Å². The van der Waals surface area contributed by atoms with Crippen LogP contribution in [-0.2, 0) is 4.74 Å². The van der Waals surface area contributed by atoms with E-state index in [0.29, 0.717) is 5.82 Å². The Bertz CT molecular complexity index is 1610. The number of H-pyrrole nitrogens is 2.